The Morgan fingerprint density at radius 2 is 1.74 bits per heavy atom. The minimum absolute atomic E-state index is 0.0888. The van der Waals surface area contributed by atoms with Crippen LogP contribution in [0.1, 0.15) is 16.7 Å². The summed E-state index contributed by atoms with van der Waals surface area (Å²) in [6, 6.07) is 24.6. The standard InChI is InChI=1S/C27H22BrN3O2S/c1-17-7-13-22(14-8-17)31-26(33)24(15-19-6-4-3-5-18(19)2)34-27(31)23(16-29)25(32)30-21-11-9-20(28)10-12-21/h3-14,24H,15H2,1-2H3,(H,30,32)/b27-23-/t24-/m0/s1. The number of nitrogens with one attached hydrogen (secondary N) is 1. The van der Waals surface area contributed by atoms with Crippen molar-refractivity contribution in [3.05, 3.63) is 105 Å². The van der Waals surface area contributed by atoms with E-state index in [0.717, 1.165) is 21.2 Å². The van der Waals surface area contributed by atoms with E-state index in [9.17, 15) is 14.9 Å². The molecule has 3 aromatic carbocycles. The molecule has 5 nitrogen and oxygen atoms in total. The van der Waals surface area contributed by atoms with Crippen LogP contribution in [-0.4, -0.2) is 17.1 Å². The number of hydrogen-bond donors (Lipinski definition) is 1. The van der Waals surface area contributed by atoms with Gasteiger partial charge in [0, 0.05) is 15.8 Å². The van der Waals surface area contributed by atoms with Gasteiger partial charge in [0.2, 0.25) is 5.91 Å². The average molecular weight is 532 g/mol. The molecule has 4 rings (SSSR count). The molecule has 1 aliphatic rings. The summed E-state index contributed by atoms with van der Waals surface area (Å²) in [6.45, 7) is 3.98. The number of thioether (sulfide) groups is 1. The SMILES string of the molecule is Cc1ccc(N2C(=O)[C@H](Cc3ccccc3C)S/C2=C(/C#N)C(=O)Nc2ccc(Br)cc2)cc1. The fraction of sp³-hybridized carbons (Fsp3) is 0.148. The molecule has 0 unspecified atom stereocenters. The van der Waals surface area contributed by atoms with Crippen LogP contribution in [0.3, 0.4) is 0 Å². The summed E-state index contributed by atoms with van der Waals surface area (Å²) in [5, 5.41) is 12.7. The van der Waals surface area contributed by atoms with Crippen molar-refractivity contribution in [3.8, 4) is 6.07 Å². The third-order valence-corrected chi connectivity index (χ3v) is 7.36. The fourth-order valence-corrected chi connectivity index (χ4v) is 5.24. The molecular formula is C27H22BrN3O2S. The normalized spacial score (nSPS) is 16.8. The van der Waals surface area contributed by atoms with Gasteiger partial charge >= 0.3 is 0 Å². The summed E-state index contributed by atoms with van der Waals surface area (Å²) < 4.78 is 0.880. The summed E-state index contributed by atoms with van der Waals surface area (Å²) in [7, 11) is 0. The number of benzene rings is 3. The van der Waals surface area contributed by atoms with E-state index in [1.165, 1.54) is 16.7 Å². The molecule has 0 spiro atoms. The van der Waals surface area contributed by atoms with Crippen LogP contribution in [-0.2, 0) is 16.0 Å². The number of anilines is 2. The predicted molar refractivity (Wildman–Crippen MR) is 140 cm³/mol. The Morgan fingerprint density at radius 3 is 2.38 bits per heavy atom. The van der Waals surface area contributed by atoms with E-state index in [1.807, 2.05) is 68.4 Å². The van der Waals surface area contributed by atoms with Crippen molar-refractivity contribution in [1.29, 1.82) is 5.26 Å². The highest BCUT2D eigenvalue weighted by Gasteiger charge is 2.41. The molecule has 1 N–H and O–H groups in total. The zero-order valence-electron chi connectivity index (χ0n) is 18.7. The van der Waals surface area contributed by atoms with Crippen LogP contribution in [0, 0.1) is 25.2 Å². The van der Waals surface area contributed by atoms with Crippen molar-refractivity contribution in [3.63, 3.8) is 0 Å². The van der Waals surface area contributed by atoms with Crippen molar-refractivity contribution >= 4 is 50.9 Å². The molecule has 1 saturated heterocycles. The van der Waals surface area contributed by atoms with Gasteiger partial charge in [-0.25, -0.2) is 0 Å². The number of nitrogens with zero attached hydrogens (tertiary/aromatic N) is 2. The Morgan fingerprint density at radius 1 is 1.06 bits per heavy atom. The maximum absolute atomic E-state index is 13.6. The maximum atomic E-state index is 13.6. The Kier molecular flexibility index (Phi) is 7.20. The first-order valence-electron chi connectivity index (χ1n) is 10.7. The van der Waals surface area contributed by atoms with Crippen molar-refractivity contribution < 1.29 is 9.59 Å². The Labute approximate surface area is 211 Å². The number of carbonyl (C=O) groups excluding carboxylic acids is 2. The van der Waals surface area contributed by atoms with Gasteiger partial charge in [0.25, 0.3) is 5.91 Å². The average Bonchev–Trinajstić information content (AvgIpc) is 3.13. The molecule has 7 heteroatoms. The highest BCUT2D eigenvalue weighted by Crippen LogP contribution is 2.42. The molecule has 34 heavy (non-hydrogen) atoms. The molecule has 0 bridgehead atoms. The van der Waals surface area contributed by atoms with Crippen molar-refractivity contribution in [2.75, 3.05) is 10.2 Å². The number of nitriles is 1. The second kappa shape index (κ2) is 10.3. The number of aryl methyl sites for hydroxylation is 2. The third-order valence-electron chi connectivity index (χ3n) is 5.57. The van der Waals surface area contributed by atoms with E-state index in [1.54, 1.807) is 24.3 Å². The smallest absolute Gasteiger partial charge is 0.269 e. The summed E-state index contributed by atoms with van der Waals surface area (Å²) >= 11 is 4.64. The van der Waals surface area contributed by atoms with Gasteiger partial charge in [-0.05, 0) is 67.8 Å². The molecule has 0 saturated carbocycles. The van der Waals surface area contributed by atoms with Crippen LogP contribution in [0.25, 0.3) is 0 Å². The van der Waals surface area contributed by atoms with Crippen LogP contribution < -0.4 is 10.2 Å². The molecule has 3 aromatic rings. The van der Waals surface area contributed by atoms with Gasteiger partial charge in [0.15, 0.2) is 0 Å². The van der Waals surface area contributed by atoms with Crippen LogP contribution >= 0.6 is 27.7 Å². The Bertz CT molecular complexity index is 1310. The van der Waals surface area contributed by atoms with Gasteiger partial charge in [-0.2, -0.15) is 5.26 Å². The van der Waals surface area contributed by atoms with Crippen molar-refractivity contribution in [1.82, 2.24) is 0 Å². The minimum Gasteiger partial charge on any atom is -0.321 e. The van der Waals surface area contributed by atoms with Gasteiger partial charge < -0.3 is 5.32 Å². The van der Waals surface area contributed by atoms with Crippen LogP contribution in [0.5, 0.6) is 0 Å². The summed E-state index contributed by atoms with van der Waals surface area (Å²) in [5.41, 5.74) is 4.33. The Balaban J connectivity index is 1.73. The van der Waals surface area contributed by atoms with Crippen LogP contribution in [0.2, 0.25) is 0 Å². The van der Waals surface area contributed by atoms with E-state index in [4.69, 9.17) is 0 Å². The summed E-state index contributed by atoms with van der Waals surface area (Å²) in [6.07, 6.45) is 0.509. The number of carbonyl (C=O) groups is 2. The molecule has 2 amide bonds. The van der Waals surface area contributed by atoms with Crippen molar-refractivity contribution in [2.24, 2.45) is 0 Å². The van der Waals surface area contributed by atoms with E-state index in [0.29, 0.717) is 22.8 Å². The van der Waals surface area contributed by atoms with E-state index in [-0.39, 0.29) is 11.5 Å². The highest BCUT2D eigenvalue weighted by molar-refractivity contribution is 9.10. The zero-order chi connectivity index (χ0) is 24.2. The lowest BCUT2D eigenvalue weighted by Gasteiger charge is -2.19. The largest absolute Gasteiger partial charge is 0.321 e. The fourth-order valence-electron chi connectivity index (χ4n) is 3.68. The van der Waals surface area contributed by atoms with Gasteiger partial charge in [0.05, 0.1) is 5.25 Å². The first kappa shape index (κ1) is 23.8. The van der Waals surface area contributed by atoms with Crippen LogP contribution in [0.15, 0.2) is 87.9 Å². The lowest BCUT2D eigenvalue weighted by atomic mass is 10.0. The molecule has 0 radical (unpaired) electrons. The van der Waals surface area contributed by atoms with Crippen molar-refractivity contribution in [2.45, 2.75) is 25.5 Å². The summed E-state index contributed by atoms with van der Waals surface area (Å²) in [4.78, 5) is 28.2. The van der Waals surface area contributed by atoms with Gasteiger partial charge in [-0.3, -0.25) is 14.5 Å². The predicted octanol–water partition coefficient (Wildman–Crippen LogP) is 6.13. The lowest BCUT2D eigenvalue weighted by Crippen LogP contribution is -2.31. The molecule has 1 heterocycles. The van der Waals surface area contributed by atoms with Gasteiger partial charge in [-0.15, -0.1) is 0 Å². The number of rotatable bonds is 5. The highest BCUT2D eigenvalue weighted by atomic mass is 79.9. The second-order valence-electron chi connectivity index (χ2n) is 8.00. The van der Waals surface area contributed by atoms with Gasteiger partial charge in [0.1, 0.15) is 16.7 Å². The molecular weight excluding hydrogens is 510 g/mol. The van der Waals surface area contributed by atoms with E-state index >= 15 is 0 Å². The maximum Gasteiger partial charge on any atom is 0.269 e. The Hall–Kier alpha value is -3.34. The van der Waals surface area contributed by atoms with E-state index < -0.39 is 11.2 Å². The third kappa shape index (κ3) is 5.09. The second-order valence-corrected chi connectivity index (χ2v) is 10.1. The molecule has 170 valence electrons. The molecule has 0 aliphatic carbocycles. The van der Waals surface area contributed by atoms with Gasteiger partial charge in [-0.1, -0.05) is 69.7 Å². The quantitative estimate of drug-likeness (QED) is 0.317. The molecule has 1 fully saturated rings. The lowest BCUT2D eigenvalue weighted by molar-refractivity contribution is -0.117. The van der Waals surface area contributed by atoms with E-state index in [2.05, 4.69) is 21.2 Å². The molecule has 0 aromatic heterocycles. The zero-order valence-corrected chi connectivity index (χ0v) is 21.1. The number of hydrogen-bond acceptors (Lipinski definition) is 4. The minimum atomic E-state index is -0.547. The molecule has 1 aliphatic heterocycles. The first-order chi connectivity index (χ1) is 16.4. The monoisotopic (exact) mass is 531 g/mol. The number of halogens is 1. The first-order valence-corrected chi connectivity index (χ1v) is 12.4. The number of amides is 2. The topological polar surface area (TPSA) is 73.2 Å². The van der Waals surface area contributed by atoms with Crippen LogP contribution in [0.4, 0.5) is 11.4 Å². The molecule has 1 atom stereocenters. The summed E-state index contributed by atoms with van der Waals surface area (Å²) in [5.74, 6) is -0.690.